The molecule has 0 radical (unpaired) electrons. The van der Waals surface area contributed by atoms with E-state index in [0.29, 0.717) is 78.3 Å². The lowest BCUT2D eigenvalue weighted by atomic mass is 9.79. The van der Waals surface area contributed by atoms with Crippen LogP contribution in [0.4, 0.5) is 0 Å². The van der Waals surface area contributed by atoms with Gasteiger partial charge in [0.2, 0.25) is 0 Å². The zero-order valence-electron chi connectivity index (χ0n) is 52.8. The highest BCUT2D eigenvalue weighted by molar-refractivity contribution is 6.31. The first kappa shape index (κ1) is 58.9. The molecule has 0 saturated heterocycles. The molecule has 6 aromatic heterocycles. The van der Waals surface area contributed by atoms with Gasteiger partial charge in [0.15, 0.2) is 0 Å². The first-order valence-electron chi connectivity index (χ1n) is 32.1. The zero-order valence-corrected chi connectivity index (χ0v) is 52.8. The van der Waals surface area contributed by atoms with Gasteiger partial charge in [-0.1, -0.05) is 188 Å². The minimum absolute atomic E-state index is 0.138. The maximum Gasteiger partial charge on any atom is 0.147 e. The van der Waals surface area contributed by atoms with E-state index in [9.17, 15) is 31.6 Å². The van der Waals surface area contributed by atoms with Gasteiger partial charge in [-0.3, -0.25) is 0 Å². The molecule has 0 bridgehead atoms. The number of rotatable bonds is 10. The van der Waals surface area contributed by atoms with E-state index >= 15 is 0 Å². The van der Waals surface area contributed by atoms with E-state index in [2.05, 4.69) is 199 Å². The van der Waals surface area contributed by atoms with Crippen molar-refractivity contribution in [3.63, 3.8) is 0 Å². The van der Waals surface area contributed by atoms with Gasteiger partial charge >= 0.3 is 0 Å². The second-order valence-corrected chi connectivity index (χ2v) is 24.1. The van der Waals surface area contributed by atoms with Crippen molar-refractivity contribution in [2.45, 2.75) is 0 Å². The summed E-state index contributed by atoms with van der Waals surface area (Å²) in [6.07, 6.45) is 0. The zero-order chi connectivity index (χ0) is 67.5. The van der Waals surface area contributed by atoms with Crippen LogP contribution in [0, 0.1) is 68.0 Å². The predicted octanol–water partition coefficient (Wildman–Crippen LogP) is 20.8. The molecule has 0 fully saturated rings. The molecule has 0 unspecified atom stereocenters. The lowest BCUT2D eigenvalue weighted by Crippen LogP contribution is -2.04. The Morgan fingerprint density at radius 1 is 0.260 bits per heavy atom. The molecule has 17 aromatic rings. The van der Waals surface area contributed by atoms with Crippen LogP contribution in [0.15, 0.2) is 277 Å². The molecule has 0 saturated carbocycles. The summed E-state index contributed by atoms with van der Waals surface area (Å²) in [4.78, 5) is 21.6. The summed E-state index contributed by atoms with van der Waals surface area (Å²) >= 11 is 0. The number of pyridine rings is 4. The summed E-state index contributed by atoms with van der Waals surface area (Å²) in [5.74, 6) is 0. The summed E-state index contributed by atoms with van der Waals surface area (Å²) in [6.45, 7) is 0. The molecule has 0 aliphatic rings. The maximum absolute atomic E-state index is 10.5. The van der Waals surface area contributed by atoms with Gasteiger partial charge < -0.3 is 8.98 Å². The van der Waals surface area contributed by atoms with Crippen LogP contribution >= 0.6 is 0 Å². The van der Waals surface area contributed by atoms with Crippen molar-refractivity contribution in [1.82, 2.24) is 24.5 Å². The Hall–Kier alpha value is -14.9. The fourth-order valence-corrected chi connectivity index (χ4v) is 14.4. The number of hydrogen-bond acceptors (Lipinski definition) is 11. The van der Waals surface area contributed by atoms with E-state index < -0.39 is 0 Å². The van der Waals surface area contributed by atoms with Crippen molar-refractivity contribution in [3.05, 3.63) is 306 Å². The molecule has 17 rings (SSSR count). The normalized spacial score (nSPS) is 11.1. The smallest absolute Gasteiger partial charge is 0.147 e. The second kappa shape index (κ2) is 24.1. The lowest BCUT2D eigenvalue weighted by molar-refractivity contribution is 0.671. The van der Waals surface area contributed by atoms with Crippen LogP contribution in [-0.4, -0.2) is 24.5 Å². The first-order chi connectivity index (χ1) is 49.4. The Bertz CT molecular complexity index is 6460. The Morgan fingerprint density at radius 2 is 0.570 bits per heavy atom. The summed E-state index contributed by atoms with van der Waals surface area (Å²) in [5.41, 5.74) is 19.5. The maximum atomic E-state index is 10.5. The number of nitrogens with zero attached hydrogens (tertiary/aromatic N) is 11. The topological polar surface area (TPSA) is 212 Å². The van der Waals surface area contributed by atoms with Gasteiger partial charge in [0.25, 0.3) is 0 Å². The largest absolute Gasteiger partial charge is 0.455 e. The standard InChI is InChI=1S/C88H45N11O/c89-46-52-42-59(48-91)75(60(43-52)49-92)69-38-34-67-65(95-69)36-40-71(97-67)82-80(57-26-12-4-13-27-57)86(99-73-32-18-16-30-63(73)64-31-17-19-33-74(64)99)85-84-79(56-24-10-3-11-25-56)77(54-20-6-1-7-21-54)78(55-22-8-2-9-23-55)81(58-28-14-5-15-29-58)87(84)100-88(85)83(82)72-41-37-66-68(98-72)35-39-70(96-66)76-61(50-93)44-53(47-90)45-62(76)51-94/h1-45H. The van der Waals surface area contributed by atoms with E-state index in [1.807, 2.05) is 78.9 Å². The fraction of sp³-hybridized carbons (Fsp3) is 0. The number of nitriles is 6. The highest BCUT2D eigenvalue weighted by atomic mass is 16.3. The van der Waals surface area contributed by atoms with Crippen LogP contribution in [0.5, 0.6) is 0 Å². The molecular weight excluding hydrogens is 1230 g/mol. The van der Waals surface area contributed by atoms with Gasteiger partial charge in [-0.15, -0.1) is 0 Å². The molecule has 6 heterocycles. The fourth-order valence-electron chi connectivity index (χ4n) is 14.4. The highest BCUT2D eigenvalue weighted by Gasteiger charge is 2.36. The van der Waals surface area contributed by atoms with E-state index in [1.165, 1.54) is 24.3 Å². The monoisotopic (exact) mass is 1270 g/mol. The molecule has 100 heavy (non-hydrogen) atoms. The Labute approximate surface area is 572 Å². The highest BCUT2D eigenvalue weighted by Crippen LogP contribution is 2.59. The van der Waals surface area contributed by atoms with Gasteiger partial charge in [-0.25, -0.2) is 19.9 Å². The molecule has 12 heteroatoms. The van der Waals surface area contributed by atoms with E-state index in [1.54, 1.807) is 12.1 Å². The third kappa shape index (κ3) is 9.47. The van der Waals surface area contributed by atoms with Gasteiger partial charge in [0.05, 0.1) is 142 Å². The molecular formula is C88H45N11O. The molecule has 0 aliphatic heterocycles. The van der Waals surface area contributed by atoms with E-state index in [4.69, 9.17) is 24.4 Å². The van der Waals surface area contributed by atoms with Crippen molar-refractivity contribution in [2.24, 2.45) is 0 Å². The minimum Gasteiger partial charge on any atom is -0.455 e. The third-order valence-corrected chi connectivity index (χ3v) is 18.6. The molecule has 0 atom stereocenters. The Morgan fingerprint density at radius 3 is 0.950 bits per heavy atom. The van der Waals surface area contributed by atoms with Gasteiger partial charge in [-0.2, -0.15) is 31.6 Å². The van der Waals surface area contributed by atoms with Crippen LogP contribution in [0.25, 0.3) is 172 Å². The van der Waals surface area contributed by atoms with E-state index in [0.717, 1.165) is 93.9 Å². The SMILES string of the molecule is N#Cc1cc(C#N)c(-c2ccc3nc(-c4c(-c5ccccc5)c(-n5c6ccccc6c6ccccc65)c5c(oc6c(-c7ccccc7)c(-c7ccccc7)c(-c7ccccc7)c(-c7ccccc7)c65)c4-c4ccc5nc(-c6c(C#N)cc(C#N)cc6C#N)ccc5n4)ccc3n2)c(C#N)c1. The number of hydrogen-bond donors (Lipinski definition) is 0. The van der Waals surface area contributed by atoms with Crippen LogP contribution in [0.1, 0.15) is 33.4 Å². The van der Waals surface area contributed by atoms with Gasteiger partial charge in [0, 0.05) is 55.1 Å². The number of fused-ring (bicyclic) bond motifs is 8. The number of furan rings is 1. The minimum atomic E-state index is 0.138. The summed E-state index contributed by atoms with van der Waals surface area (Å²) < 4.78 is 10.7. The van der Waals surface area contributed by atoms with Crippen LogP contribution in [0.2, 0.25) is 0 Å². The summed E-state index contributed by atoms with van der Waals surface area (Å²) in [7, 11) is 0. The average Bonchev–Trinajstić information content (AvgIpc) is 1.49. The summed E-state index contributed by atoms with van der Waals surface area (Å²) in [6, 6.07) is 103. The van der Waals surface area contributed by atoms with Gasteiger partial charge in [-0.05, 0) is 118 Å². The first-order valence-corrected chi connectivity index (χ1v) is 32.1. The Kier molecular flexibility index (Phi) is 14.2. The van der Waals surface area contributed by atoms with Crippen molar-refractivity contribution in [3.8, 4) is 143 Å². The molecule has 458 valence electrons. The number of para-hydroxylation sites is 2. The average molecular weight is 1270 g/mol. The van der Waals surface area contributed by atoms with Crippen LogP contribution in [0.3, 0.4) is 0 Å². The molecule has 11 aromatic carbocycles. The van der Waals surface area contributed by atoms with E-state index in [-0.39, 0.29) is 33.4 Å². The molecule has 12 nitrogen and oxygen atoms in total. The van der Waals surface area contributed by atoms with Gasteiger partial charge in [0.1, 0.15) is 11.2 Å². The Balaban J connectivity index is 1.11. The van der Waals surface area contributed by atoms with Crippen molar-refractivity contribution >= 4 is 65.8 Å². The second-order valence-electron chi connectivity index (χ2n) is 24.1. The molecule has 0 spiro atoms. The van der Waals surface area contributed by atoms with Crippen LogP contribution < -0.4 is 0 Å². The van der Waals surface area contributed by atoms with Crippen LogP contribution in [-0.2, 0) is 0 Å². The third-order valence-electron chi connectivity index (χ3n) is 18.6. The predicted molar refractivity (Wildman–Crippen MR) is 391 cm³/mol. The molecule has 0 amide bonds. The molecule has 0 aliphatic carbocycles. The number of aromatic nitrogens is 5. The quantitative estimate of drug-likeness (QED) is 0.126. The lowest BCUT2D eigenvalue weighted by Gasteiger charge is -2.24. The van der Waals surface area contributed by atoms with Crippen molar-refractivity contribution in [1.29, 1.82) is 31.6 Å². The van der Waals surface area contributed by atoms with Crippen molar-refractivity contribution in [2.75, 3.05) is 0 Å². The summed E-state index contributed by atoms with van der Waals surface area (Å²) in [5, 5.41) is 65.3. The molecule has 0 N–H and O–H groups in total. The number of benzene rings is 11. The van der Waals surface area contributed by atoms with Crippen molar-refractivity contribution < 1.29 is 4.42 Å².